The fourth-order valence-corrected chi connectivity index (χ4v) is 10.1. The molecule has 0 radical (unpaired) electrons. The summed E-state index contributed by atoms with van der Waals surface area (Å²) < 4.78 is 0. The van der Waals surface area contributed by atoms with Gasteiger partial charge in [0, 0.05) is 10.8 Å². The van der Waals surface area contributed by atoms with Gasteiger partial charge >= 0.3 is 0 Å². The van der Waals surface area contributed by atoms with E-state index in [1.807, 2.05) is 0 Å². The van der Waals surface area contributed by atoms with Crippen LogP contribution >= 0.6 is 0 Å². The highest BCUT2D eigenvalue weighted by molar-refractivity contribution is 6.22. The van der Waals surface area contributed by atoms with Crippen LogP contribution < -0.4 is 0 Å². The number of fused-ring (bicyclic) bond motifs is 9. The standard InChI is InChI=1S/C54H40/c1-53(2)47-21-13-12-16-39(47)45-31-50-46(32-49(45)53)44-30-38(26-27-48(44)54(50,3)4)52-42-19-10-8-17-40(42)51(41-18-9-11-20-43(41)52)37-25-24-35-28-34(22-23-36(35)29-37)33-14-6-5-7-15-33/h5-32H,1-4H3. The molecule has 54 heavy (non-hydrogen) atoms. The van der Waals surface area contributed by atoms with Crippen LogP contribution in [0.1, 0.15) is 49.9 Å². The van der Waals surface area contributed by atoms with Gasteiger partial charge in [0.25, 0.3) is 0 Å². The summed E-state index contributed by atoms with van der Waals surface area (Å²) in [6.45, 7) is 9.58. The molecular weight excluding hydrogens is 649 g/mol. The quantitative estimate of drug-likeness (QED) is 0.162. The molecule has 0 heteroatoms. The molecular formula is C54H40. The third-order valence-corrected chi connectivity index (χ3v) is 12.8. The van der Waals surface area contributed by atoms with E-state index in [4.69, 9.17) is 0 Å². The van der Waals surface area contributed by atoms with Crippen LogP contribution in [0.3, 0.4) is 0 Å². The Bertz CT molecular complexity index is 2970. The molecule has 0 saturated heterocycles. The predicted molar refractivity (Wildman–Crippen MR) is 230 cm³/mol. The maximum absolute atomic E-state index is 2.53. The number of hydrogen-bond acceptors (Lipinski definition) is 0. The van der Waals surface area contributed by atoms with Gasteiger partial charge in [0.1, 0.15) is 0 Å². The first-order valence-electron chi connectivity index (χ1n) is 19.3. The van der Waals surface area contributed by atoms with Gasteiger partial charge in [-0.2, -0.15) is 0 Å². The third-order valence-electron chi connectivity index (χ3n) is 12.8. The molecule has 0 bridgehead atoms. The maximum atomic E-state index is 2.53. The SMILES string of the molecule is CC1(C)c2ccccc2-c2cc3c(cc21)-c1cc(-c2c4ccccc4c(-c4ccc5cc(-c6ccccc6)ccc5c4)c4ccccc24)ccc1C3(C)C. The van der Waals surface area contributed by atoms with E-state index in [0.717, 1.165) is 0 Å². The molecule has 0 unspecified atom stereocenters. The molecule has 0 N–H and O–H groups in total. The Balaban J connectivity index is 1.10. The molecule has 0 saturated carbocycles. The Morgan fingerprint density at radius 1 is 0.278 bits per heavy atom. The summed E-state index contributed by atoms with van der Waals surface area (Å²) in [5.41, 5.74) is 18.7. The Morgan fingerprint density at radius 3 is 1.31 bits per heavy atom. The Morgan fingerprint density at radius 2 is 0.704 bits per heavy atom. The van der Waals surface area contributed by atoms with Gasteiger partial charge in [0.2, 0.25) is 0 Å². The van der Waals surface area contributed by atoms with Crippen molar-refractivity contribution in [2.24, 2.45) is 0 Å². The van der Waals surface area contributed by atoms with Gasteiger partial charge in [0.15, 0.2) is 0 Å². The fraction of sp³-hybridized carbons (Fsp3) is 0.111. The summed E-state index contributed by atoms with van der Waals surface area (Å²) in [5.74, 6) is 0. The average molecular weight is 689 g/mol. The molecule has 9 aromatic rings. The largest absolute Gasteiger partial charge is 0.0622 e. The van der Waals surface area contributed by atoms with Crippen molar-refractivity contribution in [1.29, 1.82) is 0 Å². The van der Waals surface area contributed by atoms with Crippen molar-refractivity contribution in [1.82, 2.24) is 0 Å². The van der Waals surface area contributed by atoms with Crippen LogP contribution in [0.2, 0.25) is 0 Å². The number of hydrogen-bond donors (Lipinski definition) is 0. The van der Waals surface area contributed by atoms with Crippen LogP contribution in [0.25, 0.3) is 88.0 Å². The lowest BCUT2D eigenvalue weighted by molar-refractivity contribution is 0.652. The number of rotatable bonds is 3. The van der Waals surface area contributed by atoms with E-state index in [1.54, 1.807) is 0 Å². The van der Waals surface area contributed by atoms with Crippen LogP contribution in [0.15, 0.2) is 170 Å². The first kappa shape index (κ1) is 31.3. The second-order valence-corrected chi connectivity index (χ2v) is 16.5. The molecule has 11 rings (SSSR count). The van der Waals surface area contributed by atoms with Crippen molar-refractivity contribution in [2.75, 3.05) is 0 Å². The topological polar surface area (TPSA) is 0 Å². The fourth-order valence-electron chi connectivity index (χ4n) is 10.1. The zero-order valence-electron chi connectivity index (χ0n) is 31.2. The van der Waals surface area contributed by atoms with E-state index in [0.29, 0.717) is 0 Å². The summed E-state index contributed by atoms with van der Waals surface area (Å²) in [5, 5.41) is 7.64. The summed E-state index contributed by atoms with van der Waals surface area (Å²) in [7, 11) is 0. The Hall–Kier alpha value is -6.24. The molecule has 0 spiro atoms. The van der Waals surface area contributed by atoms with Crippen LogP contribution in [0.5, 0.6) is 0 Å². The zero-order chi connectivity index (χ0) is 36.3. The van der Waals surface area contributed by atoms with Gasteiger partial charge in [-0.3, -0.25) is 0 Å². The Kier molecular flexibility index (Phi) is 6.46. The third kappa shape index (κ3) is 4.32. The van der Waals surface area contributed by atoms with E-state index < -0.39 is 0 Å². The lowest BCUT2D eigenvalue weighted by atomic mass is 9.79. The van der Waals surface area contributed by atoms with Crippen LogP contribution in [-0.4, -0.2) is 0 Å². The van der Waals surface area contributed by atoms with Gasteiger partial charge in [-0.15, -0.1) is 0 Å². The molecule has 0 heterocycles. The van der Waals surface area contributed by atoms with Crippen molar-refractivity contribution in [3.8, 4) is 55.6 Å². The van der Waals surface area contributed by atoms with E-state index in [-0.39, 0.29) is 10.8 Å². The molecule has 0 atom stereocenters. The second-order valence-electron chi connectivity index (χ2n) is 16.5. The van der Waals surface area contributed by atoms with E-state index >= 15 is 0 Å². The molecule has 0 nitrogen and oxygen atoms in total. The van der Waals surface area contributed by atoms with Crippen molar-refractivity contribution in [3.63, 3.8) is 0 Å². The van der Waals surface area contributed by atoms with Gasteiger partial charge in [-0.1, -0.05) is 167 Å². The highest BCUT2D eigenvalue weighted by Gasteiger charge is 2.41. The number of benzene rings is 9. The van der Waals surface area contributed by atoms with Gasteiger partial charge in [-0.05, 0) is 141 Å². The lowest BCUT2D eigenvalue weighted by Gasteiger charge is -2.24. The lowest BCUT2D eigenvalue weighted by Crippen LogP contribution is -2.16. The maximum Gasteiger partial charge on any atom is 0.0159 e. The minimum absolute atomic E-state index is 0.0410. The van der Waals surface area contributed by atoms with E-state index in [2.05, 4.69) is 198 Å². The summed E-state index contributed by atoms with van der Waals surface area (Å²) in [6.07, 6.45) is 0. The van der Waals surface area contributed by atoms with E-state index in [1.165, 1.54) is 110 Å². The summed E-state index contributed by atoms with van der Waals surface area (Å²) >= 11 is 0. The molecule has 2 aliphatic carbocycles. The molecule has 9 aromatic carbocycles. The van der Waals surface area contributed by atoms with Crippen LogP contribution in [0.4, 0.5) is 0 Å². The molecule has 0 aliphatic heterocycles. The first-order valence-corrected chi connectivity index (χ1v) is 19.3. The van der Waals surface area contributed by atoms with Gasteiger partial charge in [-0.25, -0.2) is 0 Å². The highest BCUT2D eigenvalue weighted by Crippen LogP contribution is 2.57. The monoisotopic (exact) mass is 688 g/mol. The second kappa shape index (κ2) is 11.1. The molecule has 2 aliphatic rings. The summed E-state index contributed by atoms with van der Waals surface area (Å²) in [6, 6.07) is 63.9. The zero-order valence-corrected chi connectivity index (χ0v) is 31.2. The predicted octanol–water partition coefficient (Wildman–Crippen LogP) is 14.8. The average Bonchev–Trinajstić information content (AvgIpc) is 3.57. The van der Waals surface area contributed by atoms with Crippen molar-refractivity contribution in [3.05, 3.63) is 192 Å². The van der Waals surface area contributed by atoms with Crippen molar-refractivity contribution in [2.45, 2.75) is 38.5 Å². The van der Waals surface area contributed by atoms with Gasteiger partial charge in [0.05, 0.1) is 0 Å². The minimum atomic E-state index is -0.0914. The van der Waals surface area contributed by atoms with Crippen molar-refractivity contribution >= 4 is 32.3 Å². The van der Waals surface area contributed by atoms with Crippen molar-refractivity contribution < 1.29 is 0 Å². The van der Waals surface area contributed by atoms with E-state index in [9.17, 15) is 0 Å². The van der Waals surface area contributed by atoms with Crippen LogP contribution in [0, 0.1) is 0 Å². The smallest absolute Gasteiger partial charge is 0.0159 e. The highest BCUT2D eigenvalue weighted by atomic mass is 14.4. The minimum Gasteiger partial charge on any atom is -0.0622 e. The molecule has 0 amide bonds. The van der Waals surface area contributed by atoms with Gasteiger partial charge < -0.3 is 0 Å². The summed E-state index contributed by atoms with van der Waals surface area (Å²) in [4.78, 5) is 0. The molecule has 256 valence electrons. The molecule has 0 aromatic heterocycles. The van der Waals surface area contributed by atoms with Crippen LogP contribution in [-0.2, 0) is 10.8 Å². The normalized spacial score (nSPS) is 14.6. The first-order chi connectivity index (χ1) is 26.3. The Labute approximate surface area is 317 Å². The molecule has 0 fully saturated rings.